The van der Waals surface area contributed by atoms with Crippen LogP contribution in [0.1, 0.15) is 13.3 Å². The highest BCUT2D eigenvalue weighted by molar-refractivity contribution is 8.14. The number of hydrogen-bond acceptors (Lipinski definition) is 4. The van der Waals surface area contributed by atoms with Gasteiger partial charge in [0.1, 0.15) is 5.25 Å². The second-order valence-corrected chi connectivity index (χ2v) is 5.44. The quantitative estimate of drug-likeness (QED) is 0.619. The molecule has 1 fully saturated rings. The van der Waals surface area contributed by atoms with Crippen LogP contribution in [0.3, 0.4) is 0 Å². The Morgan fingerprint density at radius 2 is 1.90 bits per heavy atom. The summed E-state index contributed by atoms with van der Waals surface area (Å²) in [7, 11) is 0. The van der Waals surface area contributed by atoms with Gasteiger partial charge in [-0.15, -0.1) is 0 Å². The first-order valence-corrected chi connectivity index (χ1v) is 6.38. The lowest BCUT2D eigenvalue weighted by Gasteiger charge is -2.15. The van der Waals surface area contributed by atoms with Crippen LogP contribution in [0.15, 0.2) is 12.1 Å². The number of nitrogens with zero attached hydrogens (tertiary/aromatic N) is 1. The van der Waals surface area contributed by atoms with Crippen LogP contribution in [0.25, 0.3) is 0 Å². The molecule has 8 heteroatoms. The van der Waals surface area contributed by atoms with E-state index in [1.165, 1.54) is 6.92 Å². The van der Waals surface area contributed by atoms with Gasteiger partial charge in [0.25, 0.3) is 0 Å². The average Bonchev–Trinajstić information content (AvgIpc) is 2.62. The van der Waals surface area contributed by atoms with E-state index < -0.39 is 40.2 Å². The number of hydrogen-bond donors (Lipinski definition) is 0. The highest BCUT2D eigenvalue weighted by Crippen LogP contribution is 2.32. The van der Waals surface area contributed by atoms with Gasteiger partial charge >= 0.3 is 0 Å². The molecule has 20 heavy (non-hydrogen) atoms. The number of imide groups is 1. The SMILES string of the molecule is CC(=O)SC1CC(=O)N(c2ccc(F)c(F)c2F)C1=O. The predicted molar refractivity (Wildman–Crippen MR) is 65.5 cm³/mol. The van der Waals surface area contributed by atoms with E-state index in [9.17, 15) is 27.6 Å². The molecule has 2 amide bonds. The van der Waals surface area contributed by atoms with Crippen LogP contribution in [0, 0.1) is 17.5 Å². The molecule has 1 aliphatic rings. The van der Waals surface area contributed by atoms with Crippen LogP contribution in [0.4, 0.5) is 18.9 Å². The van der Waals surface area contributed by atoms with Crippen LogP contribution in [-0.2, 0) is 14.4 Å². The topological polar surface area (TPSA) is 54.5 Å². The first kappa shape index (κ1) is 14.6. The Morgan fingerprint density at radius 1 is 1.25 bits per heavy atom. The minimum absolute atomic E-state index is 0.290. The van der Waals surface area contributed by atoms with Gasteiger partial charge in [0, 0.05) is 13.3 Å². The van der Waals surface area contributed by atoms with E-state index in [0.29, 0.717) is 22.7 Å². The monoisotopic (exact) mass is 303 g/mol. The second-order valence-electron chi connectivity index (χ2n) is 4.06. The van der Waals surface area contributed by atoms with Gasteiger partial charge in [0.2, 0.25) is 11.8 Å². The van der Waals surface area contributed by atoms with Crippen molar-refractivity contribution < 1.29 is 27.6 Å². The molecule has 1 unspecified atom stereocenters. The van der Waals surface area contributed by atoms with E-state index in [-0.39, 0.29) is 11.5 Å². The highest BCUT2D eigenvalue weighted by Gasteiger charge is 2.42. The van der Waals surface area contributed by atoms with Crippen LogP contribution < -0.4 is 4.90 Å². The van der Waals surface area contributed by atoms with Crippen molar-refractivity contribution in [3.05, 3.63) is 29.6 Å². The van der Waals surface area contributed by atoms with Gasteiger partial charge in [-0.3, -0.25) is 14.4 Å². The number of carbonyl (C=O) groups excluding carboxylic acids is 3. The molecule has 0 spiro atoms. The zero-order chi connectivity index (χ0) is 15.0. The van der Waals surface area contributed by atoms with Crippen LogP contribution >= 0.6 is 11.8 Å². The van der Waals surface area contributed by atoms with Gasteiger partial charge in [-0.05, 0) is 12.1 Å². The fourth-order valence-electron chi connectivity index (χ4n) is 1.84. The molecule has 1 heterocycles. The molecule has 1 aromatic carbocycles. The Hall–Kier alpha value is -1.83. The lowest BCUT2D eigenvalue weighted by atomic mass is 10.2. The lowest BCUT2D eigenvalue weighted by molar-refractivity contribution is -0.121. The molecule has 0 saturated carbocycles. The van der Waals surface area contributed by atoms with Gasteiger partial charge < -0.3 is 0 Å². The van der Waals surface area contributed by atoms with Crippen molar-refractivity contribution in [3.63, 3.8) is 0 Å². The van der Waals surface area contributed by atoms with Crippen molar-refractivity contribution >= 4 is 34.4 Å². The minimum atomic E-state index is -1.76. The molecular formula is C12H8F3NO3S. The first-order chi connectivity index (χ1) is 9.32. The molecule has 0 aliphatic carbocycles. The molecule has 0 N–H and O–H groups in total. The maximum atomic E-state index is 13.6. The average molecular weight is 303 g/mol. The summed E-state index contributed by atoms with van der Waals surface area (Å²) in [6.07, 6.45) is -0.290. The fourth-order valence-corrected chi connectivity index (χ4v) is 2.67. The molecule has 4 nitrogen and oxygen atoms in total. The molecular weight excluding hydrogens is 295 g/mol. The van der Waals surface area contributed by atoms with Crippen molar-refractivity contribution in [3.8, 4) is 0 Å². The molecule has 1 aliphatic heterocycles. The number of anilines is 1. The number of rotatable bonds is 2. The molecule has 1 atom stereocenters. The van der Waals surface area contributed by atoms with E-state index in [4.69, 9.17) is 0 Å². The molecule has 0 radical (unpaired) electrons. The third kappa shape index (κ3) is 2.43. The van der Waals surface area contributed by atoms with Crippen LogP contribution in [0.2, 0.25) is 0 Å². The molecule has 106 valence electrons. The van der Waals surface area contributed by atoms with Crippen molar-refractivity contribution in [1.82, 2.24) is 0 Å². The normalized spacial score (nSPS) is 18.8. The number of benzene rings is 1. The maximum Gasteiger partial charge on any atom is 0.247 e. The zero-order valence-corrected chi connectivity index (χ0v) is 11.0. The summed E-state index contributed by atoms with van der Waals surface area (Å²) in [6, 6.07) is 1.43. The van der Waals surface area contributed by atoms with Crippen molar-refractivity contribution in [2.45, 2.75) is 18.6 Å². The van der Waals surface area contributed by atoms with E-state index in [2.05, 4.69) is 0 Å². The summed E-state index contributed by atoms with van der Waals surface area (Å²) in [4.78, 5) is 35.1. The third-order valence-electron chi connectivity index (χ3n) is 2.67. The Bertz CT molecular complexity index is 620. The number of halogens is 3. The molecule has 2 rings (SSSR count). The summed E-state index contributed by atoms with van der Waals surface area (Å²) < 4.78 is 39.6. The standard InChI is InChI=1S/C12H8F3NO3S/c1-5(17)20-8-4-9(18)16(12(8)19)7-3-2-6(13)10(14)11(7)15/h2-3,8H,4H2,1H3. The van der Waals surface area contributed by atoms with E-state index in [0.717, 1.165) is 6.07 Å². The van der Waals surface area contributed by atoms with Gasteiger partial charge in [-0.25, -0.2) is 18.1 Å². The summed E-state index contributed by atoms with van der Waals surface area (Å²) in [5.74, 6) is -6.37. The fraction of sp³-hybridized carbons (Fsp3) is 0.250. The largest absolute Gasteiger partial charge is 0.288 e. The first-order valence-electron chi connectivity index (χ1n) is 5.50. The number of carbonyl (C=O) groups is 3. The summed E-state index contributed by atoms with van der Waals surface area (Å²) >= 11 is 0.644. The molecule has 0 bridgehead atoms. The van der Waals surface area contributed by atoms with Gasteiger partial charge in [0.15, 0.2) is 22.6 Å². The molecule has 1 aromatic rings. The number of amides is 2. The Morgan fingerprint density at radius 3 is 2.50 bits per heavy atom. The summed E-state index contributed by atoms with van der Waals surface area (Å²) in [6.45, 7) is 1.23. The Balaban J connectivity index is 2.39. The summed E-state index contributed by atoms with van der Waals surface area (Å²) in [5, 5.41) is -1.34. The minimum Gasteiger partial charge on any atom is -0.288 e. The molecule has 1 saturated heterocycles. The number of thioether (sulfide) groups is 1. The van der Waals surface area contributed by atoms with Crippen LogP contribution in [-0.4, -0.2) is 22.2 Å². The van der Waals surface area contributed by atoms with Crippen molar-refractivity contribution in [2.24, 2.45) is 0 Å². The maximum absolute atomic E-state index is 13.6. The smallest absolute Gasteiger partial charge is 0.247 e. The van der Waals surface area contributed by atoms with E-state index in [1.54, 1.807) is 0 Å². The third-order valence-corrected chi connectivity index (χ3v) is 3.65. The zero-order valence-electron chi connectivity index (χ0n) is 10.2. The highest BCUT2D eigenvalue weighted by atomic mass is 32.2. The van der Waals surface area contributed by atoms with E-state index in [1.807, 2.05) is 0 Å². The second kappa shape index (κ2) is 5.28. The molecule has 0 aromatic heterocycles. The predicted octanol–water partition coefficient (Wildman–Crippen LogP) is 2.02. The van der Waals surface area contributed by atoms with Gasteiger partial charge in [-0.2, -0.15) is 0 Å². The van der Waals surface area contributed by atoms with Crippen molar-refractivity contribution in [1.29, 1.82) is 0 Å². The Labute approximate surface area is 115 Å². The van der Waals surface area contributed by atoms with Crippen molar-refractivity contribution in [2.75, 3.05) is 4.90 Å². The van der Waals surface area contributed by atoms with Crippen LogP contribution in [0.5, 0.6) is 0 Å². The van der Waals surface area contributed by atoms with E-state index >= 15 is 0 Å². The Kier molecular flexibility index (Phi) is 3.85. The van der Waals surface area contributed by atoms with Gasteiger partial charge in [0.05, 0.1) is 5.69 Å². The van der Waals surface area contributed by atoms with Gasteiger partial charge in [-0.1, -0.05) is 11.8 Å². The summed E-state index contributed by atoms with van der Waals surface area (Å²) in [5.41, 5.74) is -0.648. The lowest BCUT2D eigenvalue weighted by Crippen LogP contribution is -2.32.